The number of halogens is 2. The van der Waals surface area contributed by atoms with E-state index in [9.17, 15) is 14.0 Å². The van der Waals surface area contributed by atoms with Crippen molar-refractivity contribution in [1.82, 2.24) is 20.0 Å². The number of nitrogens with zero attached hydrogens (tertiary/aromatic N) is 6. The largest absolute Gasteiger partial charge is 0.364 e. The number of pyridine rings is 1. The molecule has 4 heterocycles. The fourth-order valence-corrected chi connectivity index (χ4v) is 3.83. The standard InChI is InChI=1S/C20H19F2N7O3/c21-14-11-26-19(27-16(14)17(24)30)28-4-2-20(22,3-5-28)18(31)29-15(1-6-32-29)13-7-12(8-23)9-25-10-13/h7,9-11,15H,1-6H2,(H2,24,30)/t15-/m0/s1. The number of primary amides is 1. The summed E-state index contributed by atoms with van der Waals surface area (Å²) >= 11 is 0. The summed E-state index contributed by atoms with van der Waals surface area (Å²) in [4.78, 5) is 43.0. The minimum Gasteiger partial charge on any atom is -0.364 e. The first-order valence-corrected chi connectivity index (χ1v) is 9.90. The van der Waals surface area contributed by atoms with Crippen LogP contribution < -0.4 is 10.6 Å². The third-order valence-electron chi connectivity index (χ3n) is 5.57. The average molecular weight is 443 g/mol. The lowest BCUT2D eigenvalue weighted by molar-refractivity contribution is -0.191. The lowest BCUT2D eigenvalue weighted by Crippen LogP contribution is -2.52. The van der Waals surface area contributed by atoms with Gasteiger partial charge in [-0.1, -0.05) is 0 Å². The predicted octanol–water partition coefficient (Wildman–Crippen LogP) is 1.19. The summed E-state index contributed by atoms with van der Waals surface area (Å²) in [6.45, 7) is 0.362. The van der Waals surface area contributed by atoms with E-state index in [0.717, 1.165) is 11.3 Å². The number of amides is 2. The van der Waals surface area contributed by atoms with E-state index >= 15 is 4.39 Å². The number of aromatic nitrogens is 3. The number of piperidine rings is 1. The summed E-state index contributed by atoms with van der Waals surface area (Å²) in [7, 11) is 0. The number of anilines is 1. The van der Waals surface area contributed by atoms with Crippen molar-refractivity contribution >= 4 is 17.8 Å². The van der Waals surface area contributed by atoms with Crippen molar-refractivity contribution in [3.63, 3.8) is 0 Å². The van der Waals surface area contributed by atoms with Gasteiger partial charge < -0.3 is 10.6 Å². The molecule has 1 atom stereocenters. The van der Waals surface area contributed by atoms with Crippen LogP contribution in [-0.4, -0.2) is 57.2 Å². The molecule has 2 aromatic rings. The number of hydrogen-bond donors (Lipinski definition) is 1. The Bertz CT molecular complexity index is 1100. The molecule has 2 fully saturated rings. The summed E-state index contributed by atoms with van der Waals surface area (Å²) in [5.74, 6) is -2.75. The molecule has 2 aromatic heterocycles. The molecule has 32 heavy (non-hydrogen) atoms. The van der Waals surface area contributed by atoms with Crippen molar-refractivity contribution in [2.45, 2.75) is 31.0 Å². The van der Waals surface area contributed by atoms with E-state index in [1.165, 1.54) is 12.4 Å². The van der Waals surface area contributed by atoms with Gasteiger partial charge >= 0.3 is 0 Å². The van der Waals surface area contributed by atoms with Gasteiger partial charge in [-0.2, -0.15) is 5.26 Å². The highest BCUT2D eigenvalue weighted by Gasteiger charge is 2.48. The molecule has 2 amide bonds. The second-order valence-electron chi connectivity index (χ2n) is 7.57. The van der Waals surface area contributed by atoms with Crippen molar-refractivity contribution in [2.24, 2.45) is 5.73 Å². The number of hydrogen-bond acceptors (Lipinski definition) is 8. The van der Waals surface area contributed by atoms with Crippen LogP contribution in [0.3, 0.4) is 0 Å². The van der Waals surface area contributed by atoms with E-state index in [2.05, 4.69) is 15.0 Å². The minimum absolute atomic E-state index is 0.0318. The quantitative estimate of drug-likeness (QED) is 0.744. The highest BCUT2D eigenvalue weighted by molar-refractivity contribution is 5.91. The van der Waals surface area contributed by atoms with E-state index in [4.69, 9.17) is 15.8 Å². The maximum atomic E-state index is 15.7. The lowest BCUT2D eigenvalue weighted by Gasteiger charge is -2.37. The number of carbonyl (C=O) groups excluding carboxylic acids is 2. The molecule has 2 N–H and O–H groups in total. The number of nitriles is 1. The van der Waals surface area contributed by atoms with Crippen LogP contribution in [-0.2, 0) is 9.63 Å². The highest BCUT2D eigenvalue weighted by Crippen LogP contribution is 2.37. The molecule has 12 heteroatoms. The zero-order chi connectivity index (χ0) is 22.9. The molecule has 0 bridgehead atoms. The van der Waals surface area contributed by atoms with Gasteiger partial charge in [0.2, 0.25) is 5.95 Å². The second kappa shape index (κ2) is 8.43. The Hall–Kier alpha value is -3.72. The normalized spacial score (nSPS) is 20.1. The Morgan fingerprint density at radius 3 is 2.72 bits per heavy atom. The van der Waals surface area contributed by atoms with Gasteiger partial charge in [-0.05, 0) is 11.6 Å². The zero-order valence-electron chi connectivity index (χ0n) is 16.9. The topological polar surface area (TPSA) is 138 Å². The molecule has 0 radical (unpaired) electrons. The molecular weight excluding hydrogens is 424 g/mol. The van der Waals surface area contributed by atoms with Crippen molar-refractivity contribution in [1.29, 1.82) is 5.26 Å². The van der Waals surface area contributed by atoms with Gasteiger partial charge in [-0.15, -0.1) is 0 Å². The SMILES string of the molecule is N#Cc1cncc([C@@H]2CCON2C(=O)C2(F)CCN(c3ncc(F)c(C(N)=O)n3)CC2)c1. The Balaban J connectivity index is 1.48. The van der Waals surface area contributed by atoms with Crippen molar-refractivity contribution in [3.8, 4) is 6.07 Å². The molecule has 10 nitrogen and oxygen atoms in total. The first-order chi connectivity index (χ1) is 15.3. The van der Waals surface area contributed by atoms with Crippen LogP contribution in [0.5, 0.6) is 0 Å². The van der Waals surface area contributed by atoms with Gasteiger partial charge in [0.25, 0.3) is 11.8 Å². The van der Waals surface area contributed by atoms with Crippen LogP contribution in [0.15, 0.2) is 24.7 Å². The maximum absolute atomic E-state index is 15.7. The number of alkyl halides is 1. The minimum atomic E-state index is -2.19. The molecule has 4 rings (SSSR count). The van der Waals surface area contributed by atoms with Gasteiger partial charge in [0, 0.05) is 44.7 Å². The molecule has 0 saturated carbocycles. The predicted molar refractivity (Wildman–Crippen MR) is 105 cm³/mol. The first kappa shape index (κ1) is 21.5. The molecule has 2 aliphatic rings. The Kier molecular flexibility index (Phi) is 5.67. The molecule has 166 valence electrons. The molecule has 0 spiro atoms. The highest BCUT2D eigenvalue weighted by atomic mass is 19.1. The van der Waals surface area contributed by atoms with Crippen LogP contribution in [0.1, 0.15) is 46.9 Å². The fourth-order valence-electron chi connectivity index (χ4n) is 3.83. The lowest BCUT2D eigenvalue weighted by atomic mass is 9.91. The van der Waals surface area contributed by atoms with E-state index in [1.54, 1.807) is 11.0 Å². The Labute approximate surface area is 181 Å². The third-order valence-corrected chi connectivity index (χ3v) is 5.57. The zero-order valence-corrected chi connectivity index (χ0v) is 16.9. The number of hydroxylamine groups is 2. The summed E-state index contributed by atoms with van der Waals surface area (Å²) in [6, 6.07) is 3.04. The molecule has 2 saturated heterocycles. The second-order valence-corrected chi connectivity index (χ2v) is 7.57. The summed E-state index contributed by atoms with van der Waals surface area (Å²) in [5.41, 5.74) is 3.30. The monoisotopic (exact) mass is 443 g/mol. The van der Waals surface area contributed by atoms with Gasteiger partial charge in [0.15, 0.2) is 17.2 Å². The molecular formula is C20H19F2N7O3. The molecule has 0 unspecified atom stereocenters. The summed E-state index contributed by atoms with van der Waals surface area (Å²) in [6.07, 6.45) is 3.85. The van der Waals surface area contributed by atoms with E-state index in [-0.39, 0.29) is 38.5 Å². The maximum Gasteiger partial charge on any atom is 0.284 e. The van der Waals surface area contributed by atoms with E-state index in [0.29, 0.717) is 17.5 Å². The van der Waals surface area contributed by atoms with Crippen LogP contribution in [0.4, 0.5) is 14.7 Å². The fraction of sp³-hybridized carbons (Fsp3) is 0.400. The van der Waals surface area contributed by atoms with Crippen molar-refractivity contribution < 1.29 is 23.2 Å². The number of carbonyl (C=O) groups is 2. The van der Waals surface area contributed by atoms with Crippen LogP contribution >= 0.6 is 0 Å². The summed E-state index contributed by atoms with van der Waals surface area (Å²) in [5, 5.41) is 10.1. The van der Waals surface area contributed by atoms with E-state index in [1.807, 2.05) is 6.07 Å². The van der Waals surface area contributed by atoms with Crippen LogP contribution in [0.25, 0.3) is 0 Å². The molecule has 0 aliphatic carbocycles. The van der Waals surface area contributed by atoms with Crippen molar-refractivity contribution in [2.75, 3.05) is 24.6 Å². The number of nitrogens with two attached hydrogens (primary N) is 1. The van der Waals surface area contributed by atoms with Gasteiger partial charge in [0.1, 0.15) is 6.07 Å². The van der Waals surface area contributed by atoms with Gasteiger partial charge in [0.05, 0.1) is 24.4 Å². The summed E-state index contributed by atoms with van der Waals surface area (Å²) < 4.78 is 29.3. The first-order valence-electron chi connectivity index (χ1n) is 9.90. The van der Waals surface area contributed by atoms with Crippen LogP contribution in [0.2, 0.25) is 0 Å². The van der Waals surface area contributed by atoms with E-state index < -0.39 is 35.0 Å². The van der Waals surface area contributed by atoms with Crippen molar-refractivity contribution in [3.05, 3.63) is 47.3 Å². The smallest absolute Gasteiger partial charge is 0.284 e. The Morgan fingerprint density at radius 2 is 2.03 bits per heavy atom. The third kappa shape index (κ3) is 3.94. The number of rotatable bonds is 4. The molecule has 2 aliphatic heterocycles. The average Bonchev–Trinajstić information content (AvgIpc) is 3.29. The van der Waals surface area contributed by atoms with Gasteiger partial charge in [-0.25, -0.2) is 23.8 Å². The van der Waals surface area contributed by atoms with Crippen LogP contribution in [0, 0.1) is 17.1 Å². The van der Waals surface area contributed by atoms with Gasteiger partial charge in [-0.3, -0.25) is 19.4 Å². The molecule has 0 aromatic carbocycles. The Morgan fingerprint density at radius 1 is 1.28 bits per heavy atom.